The van der Waals surface area contributed by atoms with Gasteiger partial charge in [-0.05, 0) is 12.5 Å². The number of hydrogen-bond donors (Lipinski definition) is 1. The molecule has 0 saturated carbocycles. The van der Waals surface area contributed by atoms with E-state index in [1.54, 1.807) is 0 Å². The van der Waals surface area contributed by atoms with Crippen LogP contribution >= 0.6 is 0 Å². The number of hydrogen-bond acceptors (Lipinski definition) is 1. The van der Waals surface area contributed by atoms with Crippen molar-refractivity contribution in [2.75, 3.05) is 0 Å². The average molecular weight is 140 g/mol. The lowest BCUT2D eigenvalue weighted by Gasteiger charge is -2.02. The van der Waals surface area contributed by atoms with Crippen LogP contribution in [0.15, 0.2) is 11.8 Å². The third-order valence-corrected chi connectivity index (χ3v) is 0.688. The lowest BCUT2D eigenvalue weighted by molar-refractivity contribution is -0.120. The molecule has 0 unspecified atom stereocenters. The first kappa shape index (κ1) is 8.33. The topological polar surface area (TPSA) is 20.2 Å². The Morgan fingerprint density at radius 3 is 2.11 bits per heavy atom. The smallest absolute Gasteiger partial charge is 0.448 e. The van der Waals surface area contributed by atoms with E-state index in [2.05, 4.69) is 0 Å². The zero-order valence-electron chi connectivity index (χ0n) is 4.87. The van der Waals surface area contributed by atoms with Crippen molar-refractivity contribution in [3.05, 3.63) is 11.8 Å². The molecule has 0 aliphatic rings. The summed E-state index contributed by atoms with van der Waals surface area (Å²) in [5.41, 5.74) is 0. The van der Waals surface area contributed by atoms with E-state index in [0.717, 1.165) is 6.08 Å². The van der Waals surface area contributed by atoms with E-state index in [-0.39, 0.29) is 6.42 Å². The highest BCUT2D eigenvalue weighted by Gasteiger charge is 2.32. The van der Waals surface area contributed by atoms with Crippen molar-refractivity contribution in [3.8, 4) is 0 Å². The second kappa shape index (κ2) is 2.75. The highest BCUT2D eigenvalue weighted by Crippen LogP contribution is 2.22. The second-order valence-electron chi connectivity index (χ2n) is 1.50. The monoisotopic (exact) mass is 140 g/mol. The van der Waals surface area contributed by atoms with Gasteiger partial charge < -0.3 is 5.11 Å². The van der Waals surface area contributed by atoms with E-state index >= 15 is 0 Å². The summed E-state index contributed by atoms with van der Waals surface area (Å²) >= 11 is 0. The fraction of sp³-hybridized carbons (Fsp3) is 0.600. The van der Waals surface area contributed by atoms with Gasteiger partial charge in [0.25, 0.3) is 0 Å². The van der Waals surface area contributed by atoms with Gasteiger partial charge in [-0.1, -0.05) is 6.92 Å². The SMILES string of the molecule is CC/C=C(\O)C(F)(F)F. The zero-order valence-corrected chi connectivity index (χ0v) is 4.87. The summed E-state index contributed by atoms with van der Waals surface area (Å²) in [4.78, 5) is 0. The van der Waals surface area contributed by atoms with Crippen molar-refractivity contribution < 1.29 is 18.3 Å². The first-order valence-electron chi connectivity index (χ1n) is 2.44. The average Bonchev–Trinajstić information content (AvgIpc) is 1.64. The zero-order chi connectivity index (χ0) is 7.49. The van der Waals surface area contributed by atoms with Crippen LogP contribution in [0.5, 0.6) is 0 Å². The molecule has 1 N–H and O–H groups in total. The van der Waals surface area contributed by atoms with Gasteiger partial charge in [-0.3, -0.25) is 0 Å². The maximum absolute atomic E-state index is 11.3. The summed E-state index contributed by atoms with van der Waals surface area (Å²) in [5.74, 6) is -1.51. The lowest BCUT2D eigenvalue weighted by atomic mass is 10.4. The Balaban J connectivity index is 4.03. The molecule has 0 heterocycles. The van der Waals surface area contributed by atoms with Crippen molar-refractivity contribution in [2.45, 2.75) is 19.5 Å². The highest BCUT2D eigenvalue weighted by molar-refractivity contribution is 4.97. The summed E-state index contributed by atoms with van der Waals surface area (Å²) in [6, 6.07) is 0. The molecule has 0 radical (unpaired) electrons. The molecule has 0 aliphatic carbocycles. The van der Waals surface area contributed by atoms with Crippen LogP contribution in [0.3, 0.4) is 0 Å². The van der Waals surface area contributed by atoms with Gasteiger partial charge in [0.2, 0.25) is 0 Å². The van der Waals surface area contributed by atoms with Crippen LogP contribution < -0.4 is 0 Å². The number of aliphatic hydroxyl groups is 1. The van der Waals surface area contributed by atoms with Crippen molar-refractivity contribution >= 4 is 0 Å². The third-order valence-electron chi connectivity index (χ3n) is 0.688. The lowest BCUT2D eigenvalue weighted by Crippen LogP contribution is -2.10. The summed E-state index contributed by atoms with van der Waals surface area (Å²) < 4.78 is 34.0. The maximum Gasteiger partial charge on any atom is 0.448 e. The van der Waals surface area contributed by atoms with Gasteiger partial charge in [0.05, 0.1) is 0 Å². The molecule has 9 heavy (non-hydrogen) atoms. The van der Waals surface area contributed by atoms with Crippen LogP contribution in [-0.2, 0) is 0 Å². The molecule has 54 valence electrons. The maximum atomic E-state index is 11.3. The molecule has 4 heteroatoms. The molecule has 0 amide bonds. The van der Waals surface area contributed by atoms with Gasteiger partial charge in [-0.2, -0.15) is 13.2 Å². The normalized spacial score (nSPS) is 14.0. The number of halogens is 3. The molecule has 0 aromatic heterocycles. The standard InChI is InChI=1S/C5H7F3O/c1-2-3-4(9)5(6,7)8/h3,9H,2H2,1H3/b4-3-. The Morgan fingerprint density at radius 2 is 2.00 bits per heavy atom. The fourth-order valence-corrected chi connectivity index (χ4v) is 0.309. The van der Waals surface area contributed by atoms with Gasteiger partial charge in [0, 0.05) is 0 Å². The molecule has 0 spiro atoms. The van der Waals surface area contributed by atoms with Crippen LogP contribution in [0.4, 0.5) is 13.2 Å². The van der Waals surface area contributed by atoms with Crippen molar-refractivity contribution in [2.24, 2.45) is 0 Å². The van der Waals surface area contributed by atoms with Gasteiger partial charge >= 0.3 is 6.18 Å². The van der Waals surface area contributed by atoms with Crippen LogP contribution in [0.2, 0.25) is 0 Å². The molecular weight excluding hydrogens is 133 g/mol. The summed E-state index contributed by atoms with van der Waals surface area (Å²) in [7, 11) is 0. The number of alkyl halides is 3. The molecule has 1 nitrogen and oxygen atoms in total. The summed E-state index contributed by atoms with van der Waals surface area (Å²) in [5, 5.41) is 8.12. The second-order valence-corrected chi connectivity index (χ2v) is 1.50. The largest absolute Gasteiger partial charge is 0.504 e. The van der Waals surface area contributed by atoms with Gasteiger partial charge in [-0.15, -0.1) is 0 Å². The molecule has 0 aromatic carbocycles. The van der Waals surface area contributed by atoms with E-state index < -0.39 is 11.9 Å². The van der Waals surface area contributed by atoms with E-state index in [1.165, 1.54) is 6.92 Å². The molecule has 0 bridgehead atoms. The highest BCUT2D eigenvalue weighted by atomic mass is 19.4. The molecule has 0 aromatic rings. The van der Waals surface area contributed by atoms with E-state index in [9.17, 15) is 13.2 Å². The Morgan fingerprint density at radius 1 is 1.56 bits per heavy atom. The fourth-order valence-electron chi connectivity index (χ4n) is 0.309. The molecule has 0 atom stereocenters. The Hall–Kier alpha value is -0.670. The van der Waals surface area contributed by atoms with Gasteiger partial charge in [0.1, 0.15) is 0 Å². The van der Waals surface area contributed by atoms with Gasteiger partial charge in [-0.25, -0.2) is 0 Å². The van der Waals surface area contributed by atoms with E-state index in [1.807, 2.05) is 0 Å². The van der Waals surface area contributed by atoms with E-state index in [4.69, 9.17) is 5.11 Å². The van der Waals surface area contributed by atoms with Crippen LogP contribution in [0, 0.1) is 0 Å². The molecule has 0 saturated heterocycles. The molecular formula is C5H7F3O. The number of aliphatic hydroxyl groups excluding tert-OH is 1. The van der Waals surface area contributed by atoms with Crippen molar-refractivity contribution in [1.82, 2.24) is 0 Å². The minimum atomic E-state index is -4.57. The number of allylic oxidation sites excluding steroid dienone is 2. The summed E-state index contributed by atoms with van der Waals surface area (Å²) in [6.07, 6.45) is -3.67. The summed E-state index contributed by atoms with van der Waals surface area (Å²) in [6.45, 7) is 1.52. The van der Waals surface area contributed by atoms with Crippen LogP contribution in [0.1, 0.15) is 13.3 Å². The quantitative estimate of drug-likeness (QED) is 0.554. The molecule has 0 fully saturated rings. The minimum Gasteiger partial charge on any atom is -0.504 e. The van der Waals surface area contributed by atoms with Crippen LogP contribution in [-0.4, -0.2) is 11.3 Å². The van der Waals surface area contributed by atoms with Crippen molar-refractivity contribution in [3.63, 3.8) is 0 Å². The molecule has 0 rings (SSSR count). The molecule has 0 aliphatic heterocycles. The van der Waals surface area contributed by atoms with E-state index in [0.29, 0.717) is 0 Å². The third kappa shape index (κ3) is 3.00. The Labute approximate surface area is 50.8 Å². The predicted octanol–water partition coefficient (Wildman–Crippen LogP) is 2.40. The van der Waals surface area contributed by atoms with Crippen molar-refractivity contribution in [1.29, 1.82) is 0 Å². The number of rotatable bonds is 1. The Kier molecular flexibility index (Phi) is 2.55. The van der Waals surface area contributed by atoms with Crippen LogP contribution in [0.25, 0.3) is 0 Å². The first-order chi connectivity index (χ1) is 3.98. The Bertz CT molecular complexity index is 114. The van der Waals surface area contributed by atoms with Gasteiger partial charge in [0.15, 0.2) is 5.76 Å². The first-order valence-corrected chi connectivity index (χ1v) is 2.44. The minimum absolute atomic E-state index is 0.186. The predicted molar refractivity (Wildman–Crippen MR) is 27.1 cm³/mol.